The number of carbonyl (C=O) groups excluding carboxylic acids is 1. The molecule has 0 aliphatic rings. The van der Waals surface area contributed by atoms with Crippen LogP contribution in [0.4, 0.5) is 0 Å². The van der Waals surface area contributed by atoms with E-state index >= 15 is 0 Å². The van der Waals surface area contributed by atoms with Crippen molar-refractivity contribution >= 4 is 18.3 Å². The molecule has 17 heavy (non-hydrogen) atoms. The fraction of sp³-hybridized carbons (Fsp3) is 0.0833. The van der Waals surface area contributed by atoms with E-state index < -0.39 is 0 Å². The van der Waals surface area contributed by atoms with Gasteiger partial charge < -0.3 is 5.32 Å². The first-order valence-corrected chi connectivity index (χ1v) is 4.94. The first kappa shape index (κ1) is 13.1. The molecule has 0 atom stereocenters. The molecular formula is C12H12ClN3O. The third-order valence-electron chi connectivity index (χ3n) is 2.08. The van der Waals surface area contributed by atoms with E-state index in [1.54, 1.807) is 24.5 Å². The Morgan fingerprint density at radius 1 is 1.18 bits per heavy atom. The highest BCUT2D eigenvalue weighted by molar-refractivity contribution is 5.93. The summed E-state index contributed by atoms with van der Waals surface area (Å²) in [6, 6.07) is 9.05. The van der Waals surface area contributed by atoms with E-state index in [4.69, 9.17) is 0 Å². The van der Waals surface area contributed by atoms with Crippen molar-refractivity contribution < 1.29 is 4.79 Å². The van der Waals surface area contributed by atoms with E-state index in [1.807, 2.05) is 18.2 Å². The summed E-state index contributed by atoms with van der Waals surface area (Å²) in [5, 5.41) is 2.77. The van der Waals surface area contributed by atoms with Gasteiger partial charge in [0.2, 0.25) is 0 Å². The Kier molecular flexibility index (Phi) is 5.10. The van der Waals surface area contributed by atoms with E-state index in [-0.39, 0.29) is 18.3 Å². The molecule has 0 aliphatic carbocycles. The number of nitrogens with zero attached hydrogens (tertiary/aromatic N) is 2. The van der Waals surface area contributed by atoms with Gasteiger partial charge in [-0.15, -0.1) is 12.4 Å². The minimum absolute atomic E-state index is 0. The zero-order chi connectivity index (χ0) is 11.2. The van der Waals surface area contributed by atoms with Gasteiger partial charge in [0.1, 0.15) is 0 Å². The summed E-state index contributed by atoms with van der Waals surface area (Å²) in [6.45, 7) is 0.425. The first-order valence-electron chi connectivity index (χ1n) is 4.94. The van der Waals surface area contributed by atoms with Gasteiger partial charge in [0, 0.05) is 18.6 Å². The summed E-state index contributed by atoms with van der Waals surface area (Å²) in [7, 11) is 0. The van der Waals surface area contributed by atoms with Crippen LogP contribution in [0.1, 0.15) is 16.1 Å². The average Bonchev–Trinajstić information content (AvgIpc) is 2.38. The van der Waals surface area contributed by atoms with E-state index in [0.717, 1.165) is 5.69 Å². The van der Waals surface area contributed by atoms with Crippen LogP contribution in [0.3, 0.4) is 0 Å². The van der Waals surface area contributed by atoms with Gasteiger partial charge in [0.05, 0.1) is 17.8 Å². The van der Waals surface area contributed by atoms with Crippen molar-refractivity contribution in [3.63, 3.8) is 0 Å². The van der Waals surface area contributed by atoms with Crippen LogP contribution in [-0.2, 0) is 6.54 Å². The maximum absolute atomic E-state index is 11.6. The quantitative estimate of drug-likeness (QED) is 0.903. The average molecular weight is 250 g/mol. The van der Waals surface area contributed by atoms with E-state index in [9.17, 15) is 4.79 Å². The summed E-state index contributed by atoms with van der Waals surface area (Å²) in [5.41, 5.74) is 1.39. The van der Waals surface area contributed by atoms with Crippen LogP contribution in [0.25, 0.3) is 0 Å². The number of amides is 1. The van der Waals surface area contributed by atoms with Crippen molar-refractivity contribution in [3.05, 3.63) is 60.2 Å². The van der Waals surface area contributed by atoms with Crippen molar-refractivity contribution in [3.8, 4) is 0 Å². The second kappa shape index (κ2) is 6.60. The van der Waals surface area contributed by atoms with Gasteiger partial charge in [-0.3, -0.25) is 14.8 Å². The third kappa shape index (κ3) is 3.85. The van der Waals surface area contributed by atoms with Gasteiger partial charge in [-0.25, -0.2) is 0 Å². The lowest BCUT2D eigenvalue weighted by atomic mass is 10.2. The molecule has 0 saturated carbocycles. The lowest BCUT2D eigenvalue weighted by Gasteiger charge is -2.03. The maximum atomic E-state index is 11.6. The smallest absolute Gasteiger partial charge is 0.253 e. The summed E-state index contributed by atoms with van der Waals surface area (Å²) in [4.78, 5) is 19.6. The highest BCUT2D eigenvalue weighted by Gasteiger charge is 2.04. The van der Waals surface area contributed by atoms with Gasteiger partial charge >= 0.3 is 0 Å². The SMILES string of the molecule is Cl.O=C(NCc1ccccn1)c1cccnc1. The fourth-order valence-electron chi connectivity index (χ4n) is 1.27. The minimum atomic E-state index is -0.140. The zero-order valence-electron chi connectivity index (χ0n) is 9.04. The van der Waals surface area contributed by atoms with Gasteiger partial charge in [-0.1, -0.05) is 6.07 Å². The molecule has 5 heteroatoms. The maximum Gasteiger partial charge on any atom is 0.253 e. The Balaban J connectivity index is 0.00000144. The summed E-state index contributed by atoms with van der Waals surface area (Å²) >= 11 is 0. The van der Waals surface area contributed by atoms with Crippen LogP contribution < -0.4 is 5.32 Å². The molecule has 2 aromatic heterocycles. The van der Waals surface area contributed by atoms with Crippen LogP contribution >= 0.6 is 12.4 Å². The lowest BCUT2D eigenvalue weighted by Crippen LogP contribution is -2.23. The van der Waals surface area contributed by atoms with Crippen molar-refractivity contribution in [1.82, 2.24) is 15.3 Å². The highest BCUT2D eigenvalue weighted by atomic mass is 35.5. The molecule has 0 spiro atoms. The molecule has 2 aromatic rings. The van der Waals surface area contributed by atoms with Crippen LogP contribution in [-0.4, -0.2) is 15.9 Å². The second-order valence-corrected chi connectivity index (χ2v) is 3.25. The van der Waals surface area contributed by atoms with Crippen LogP contribution in [0.5, 0.6) is 0 Å². The second-order valence-electron chi connectivity index (χ2n) is 3.25. The predicted octanol–water partition coefficient (Wildman–Crippen LogP) is 1.83. The molecule has 4 nitrogen and oxygen atoms in total. The Labute approximate surface area is 106 Å². The predicted molar refractivity (Wildman–Crippen MR) is 66.9 cm³/mol. The van der Waals surface area contributed by atoms with E-state index in [0.29, 0.717) is 12.1 Å². The molecule has 0 radical (unpaired) electrons. The van der Waals surface area contributed by atoms with Crippen molar-refractivity contribution in [2.45, 2.75) is 6.54 Å². The topological polar surface area (TPSA) is 54.9 Å². The Morgan fingerprint density at radius 3 is 2.71 bits per heavy atom. The van der Waals surface area contributed by atoms with Crippen molar-refractivity contribution in [2.75, 3.05) is 0 Å². The monoisotopic (exact) mass is 249 g/mol. The molecule has 0 fully saturated rings. The summed E-state index contributed by atoms with van der Waals surface area (Å²) in [5.74, 6) is -0.140. The number of rotatable bonds is 3. The number of hydrogen-bond donors (Lipinski definition) is 1. The summed E-state index contributed by atoms with van der Waals surface area (Å²) in [6.07, 6.45) is 4.87. The lowest BCUT2D eigenvalue weighted by molar-refractivity contribution is 0.0950. The normalized spacial score (nSPS) is 9.18. The number of hydrogen-bond acceptors (Lipinski definition) is 3. The third-order valence-corrected chi connectivity index (χ3v) is 2.08. The number of aromatic nitrogens is 2. The fourth-order valence-corrected chi connectivity index (χ4v) is 1.27. The summed E-state index contributed by atoms with van der Waals surface area (Å²) < 4.78 is 0. The van der Waals surface area contributed by atoms with Gasteiger partial charge in [-0.2, -0.15) is 0 Å². The molecule has 0 unspecified atom stereocenters. The van der Waals surface area contributed by atoms with Crippen LogP contribution in [0.2, 0.25) is 0 Å². The molecule has 1 N–H and O–H groups in total. The number of pyridine rings is 2. The van der Waals surface area contributed by atoms with E-state index in [2.05, 4.69) is 15.3 Å². The number of carbonyl (C=O) groups is 1. The Morgan fingerprint density at radius 2 is 2.06 bits per heavy atom. The number of nitrogens with one attached hydrogen (secondary N) is 1. The zero-order valence-corrected chi connectivity index (χ0v) is 9.85. The van der Waals surface area contributed by atoms with Crippen molar-refractivity contribution in [2.24, 2.45) is 0 Å². The molecule has 0 aromatic carbocycles. The molecule has 2 rings (SSSR count). The standard InChI is InChI=1S/C12H11N3O.ClH/c16-12(10-4-3-6-13-8-10)15-9-11-5-1-2-7-14-11;/h1-8H,9H2,(H,15,16);1H. The minimum Gasteiger partial charge on any atom is -0.346 e. The molecule has 1 amide bonds. The molecule has 88 valence electrons. The van der Waals surface area contributed by atoms with Crippen molar-refractivity contribution in [1.29, 1.82) is 0 Å². The largest absolute Gasteiger partial charge is 0.346 e. The molecular weight excluding hydrogens is 238 g/mol. The molecule has 0 aliphatic heterocycles. The molecule has 0 bridgehead atoms. The molecule has 2 heterocycles. The molecule has 0 saturated heterocycles. The highest BCUT2D eigenvalue weighted by Crippen LogP contribution is 1.97. The van der Waals surface area contributed by atoms with Crippen LogP contribution in [0, 0.1) is 0 Å². The van der Waals surface area contributed by atoms with Crippen LogP contribution in [0.15, 0.2) is 48.9 Å². The first-order chi connectivity index (χ1) is 7.86. The Hall–Kier alpha value is -1.94. The van der Waals surface area contributed by atoms with E-state index in [1.165, 1.54) is 6.20 Å². The van der Waals surface area contributed by atoms with Gasteiger partial charge in [0.15, 0.2) is 0 Å². The van der Waals surface area contributed by atoms with Gasteiger partial charge in [0.25, 0.3) is 5.91 Å². The Bertz CT molecular complexity index is 462. The van der Waals surface area contributed by atoms with Gasteiger partial charge in [-0.05, 0) is 24.3 Å². The number of halogens is 1.